The fourth-order valence-electron chi connectivity index (χ4n) is 2.52. The Morgan fingerprint density at radius 2 is 2.33 bits per heavy atom. The van der Waals surface area contributed by atoms with Crippen molar-refractivity contribution >= 4 is 41.7 Å². The third kappa shape index (κ3) is 5.32. The first-order valence-electron chi connectivity index (χ1n) is 7.13. The van der Waals surface area contributed by atoms with Gasteiger partial charge in [-0.05, 0) is 32.4 Å². The van der Waals surface area contributed by atoms with Gasteiger partial charge in [-0.2, -0.15) is 11.8 Å². The summed E-state index contributed by atoms with van der Waals surface area (Å²) < 4.78 is 2.03. The smallest absolute Gasteiger partial charge is 0.191 e. The van der Waals surface area contributed by atoms with Crippen LogP contribution in [-0.4, -0.2) is 45.3 Å². The number of aromatic nitrogens is 3. The van der Waals surface area contributed by atoms with Gasteiger partial charge in [-0.1, -0.05) is 0 Å². The van der Waals surface area contributed by atoms with Crippen molar-refractivity contribution in [3.8, 4) is 0 Å². The maximum atomic E-state index is 4.29. The Labute approximate surface area is 148 Å². The van der Waals surface area contributed by atoms with E-state index in [2.05, 4.69) is 39.0 Å². The van der Waals surface area contributed by atoms with Gasteiger partial charge in [-0.15, -0.1) is 34.2 Å². The van der Waals surface area contributed by atoms with Gasteiger partial charge in [0, 0.05) is 24.9 Å². The van der Waals surface area contributed by atoms with Gasteiger partial charge in [0.05, 0.1) is 6.54 Å². The molecule has 1 aliphatic carbocycles. The number of thioether (sulfide) groups is 1. The van der Waals surface area contributed by atoms with Gasteiger partial charge in [0.25, 0.3) is 0 Å². The molecule has 0 radical (unpaired) electrons. The van der Waals surface area contributed by atoms with E-state index >= 15 is 0 Å². The number of guanidine groups is 1. The lowest BCUT2D eigenvalue weighted by atomic mass is 10.2. The van der Waals surface area contributed by atoms with Crippen molar-refractivity contribution in [2.24, 2.45) is 4.99 Å². The molecule has 0 spiro atoms. The van der Waals surface area contributed by atoms with Crippen LogP contribution in [0.3, 0.4) is 0 Å². The quantitative estimate of drug-likeness (QED) is 0.429. The molecule has 0 bridgehead atoms. The standard InChI is InChI=1S/C13H24N6S.HI/c1-4-19-9-16-18-12(19)8-15-13(14-2)17-10-5-6-11(7-10)20-3;/h9-11H,4-8H2,1-3H3,(H2,14,15,17);1H. The molecule has 1 aromatic rings. The molecule has 21 heavy (non-hydrogen) atoms. The Bertz CT molecular complexity index is 450. The summed E-state index contributed by atoms with van der Waals surface area (Å²) in [7, 11) is 1.81. The summed E-state index contributed by atoms with van der Waals surface area (Å²) in [5.74, 6) is 1.78. The van der Waals surface area contributed by atoms with Gasteiger partial charge >= 0.3 is 0 Å². The summed E-state index contributed by atoms with van der Waals surface area (Å²) in [5, 5.41) is 15.6. The van der Waals surface area contributed by atoms with Crippen LogP contribution in [0.25, 0.3) is 0 Å². The molecule has 1 aliphatic rings. The van der Waals surface area contributed by atoms with Crippen LogP contribution < -0.4 is 10.6 Å². The fraction of sp³-hybridized carbons (Fsp3) is 0.769. The van der Waals surface area contributed by atoms with Gasteiger partial charge in [-0.25, -0.2) is 0 Å². The SMILES string of the molecule is CCn1cnnc1CNC(=NC)NC1CCC(SC)C1.I. The lowest BCUT2D eigenvalue weighted by Gasteiger charge is -2.17. The lowest BCUT2D eigenvalue weighted by molar-refractivity contribution is 0.606. The van der Waals surface area contributed by atoms with Gasteiger partial charge in [0.1, 0.15) is 6.33 Å². The highest BCUT2D eigenvalue weighted by atomic mass is 127. The first-order chi connectivity index (χ1) is 9.76. The van der Waals surface area contributed by atoms with Crippen molar-refractivity contribution in [1.29, 1.82) is 0 Å². The van der Waals surface area contributed by atoms with Crippen molar-refractivity contribution in [2.75, 3.05) is 13.3 Å². The zero-order valence-corrected chi connectivity index (χ0v) is 16.0. The second-order valence-corrected chi connectivity index (χ2v) is 6.11. The maximum absolute atomic E-state index is 4.29. The average Bonchev–Trinajstić information content (AvgIpc) is 3.11. The molecule has 1 fully saturated rings. The Balaban J connectivity index is 0.00000220. The van der Waals surface area contributed by atoms with Crippen LogP contribution in [0.5, 0.6) is 0 Å². The molecule has 1 heterocycles. The zero-order chi connectivity index (χ0) is 14.4. The van der Waals surface area contributed by atoms with Crippen LogP contribution in [0, 0.1) is 0 Å². The number of hydrogen-bond acceptors (Lipinski definition) is 4. The van der Waals surface area contributed by atoms with Crippen LogP contribution in [0.4, 0.5) is 0 Å². The summed E-state index contributed by atoms with van der Waals surface area (Å²) in [6.45, 7) is 3.61. The van der Waals surface area contributed by atoms with E-state index in [0.717, 1.165) is 23.6 Å². The first-order valence-corrected chi connectivity index (χ1v) is 8.42. The Kier molecular flexibility index (Phi) is 8.38. The van der Waals surface area contributed by atoms with Gasteiger partial charge in [0.15, 0.2) is 11.8 Å². The molecule has 6 nitrogen and oxygen atoms in total. The van der Waals surface area contributed by atoms with Gasteiger partial charge in [-0.3, -0.25) is 4.99 Å². The number of nitrogens with one attached hydrogen (secondary N) is 2. The lowest BCUT2D eigenvalue weighted by Crippen LogP contribution is -2.42. The van der Waals surface area contributed by atoms with E-state index in [9.17, 15) is 0 Å². The fourth-order valence-corrected chi connectivity index (χ4v) is 3.31. The summed E-state index contributed by atoms with van der Waals surface area (Å²) >= 11 is 1.97. The molecule has 8 heteroatoms. The van der Waals surface area contributed by atoms with E-state index in [0.29, 0.717) is 12.6 Å². The Morgan fingerprint density at radius 1 is 1.52 bits per heavy atom. The molecule has 1 aromatic heterocycles. The Hall–Kier alpha value is -0.510. The maximum Gasteiger partial charge on any atom is 0.191 e. The first kappa shape index (κ1) is 18.5. The summed E-state index contributed by atoms with van der Waals surface area (Å²) in [6, 6.07) is 0.530. The molecule has 0 saturated heterocycles. The van der Waals surface area contributed by atoms with E-state index in [1.165, 1.54) is 19.3 Å². The number of aryl methyl sites for hydroxylation is 1. The topological polar surface area (TPSA) is 67.1 Å². The third-order valence-corrected chi connectivity index (χ3v) is 4.83. The minimum atomic E-state index is 0. The molecular formula is C13H25IN6S. The molecule has 2 unspecified atom stereocenters. The highest BCUT2D eigenvalue weighted by molar-refractivity contribution is 14.0. The molecule has 2 atom stereocenters. The minimum absolute atomic E-state index is 0. The highest BCUT2D eigenvalue weighted by Crippen LogP contribution is 2.27. The molecule has 120 valence electrons. The van der Waals surface area contributed by atoms with Crippen molar-refractivity contribution < 1.29 is 0 Å². The summed E-state index contributed by atoms with van der Waals surface area (Å²) in [6.07, 6.45) is 7.68. The second-order valence-electron chi connectivity index (χ2n) is 4.97. The van der Waals surface area contributed by atoms with Crippen molar-refractivity contribution in [3.63, 3.8) is 0 Å². The van der Waals surface area contributed by atoms with E-state index in [1.54, 1.807) is 13.4 Å². The van der Waals surface area contributed by atoms with Crippen LogP contribution in [-0.2, 0) is 13.1 Å². The van der Waals surface area contributed by atoms with Crippen molar-refractivity contribution in [1.82, 2.24) is 25.4 Å². The van der Waals surface area contributed by atoms with E-state index in [4.69, 9.17) is 0 Å². The van der Waals surface area contributed by atoms with Crippen molar-refractivity contribution in [3.05, 3.63) is 12.2 Å². The number of aliphatic imine (C=N–C) groups is 1. The van der Waals surface area contributed by atoms with Crippen LogP contribution in [0.2, 0.25) is 0 Å². The zero-order valence-electron chi connectivity index (χ0n) is 12.9. The van der Waals surface area contributed by atoms with Crippen LogP contribution in [0.1, 0.15) is 32.0 Å². The molecule has 2 rings (SSSR count). The number of rotatable bonds is 5. The van der Waals surface area contributed by atoms with E-state index < -0.39 is 0 Å². The van der Waals surface area contributed by atoms with Crippen molar-refractivity contribution in [2.45, 2.75) is 50.6 Å². The second kappa shape index (κ2) is 9.50. The average molecular weight is 424 g/mol. The molecule has 1 saturated carbocycles. The van der Waals surface area contributed by atoms with E-state index in [-0.39, 0.29) is 24.0 Å². The summed E-state index contributed by atoms with van der Waals surface area (Å²) in [5.41, 5.74) is 0. The molecule has 2 N–H and O–H groups in total. The van der Waals surface area contributed by atoms with Crippen LogP contribution >= 0.6 is 35.7 Å². The Morgan fingerprint density at radius 3 is 2.95 bits per heavy atom. The van der Waals surface area contributed by atoms with Gasteiger partial charge in [0.2, 0.25) is 0 Å². The molecule has 0 amide bonds. The number of hydrogen-bond donors (Lipinski definition) is 2. The predicted octanol–water partition coefficient (Wildman–Crippen LogP) is 1.87. The number of halogens is 1. The minimum Gasteiger partial charge on any atom is -0.354 e. The van der Waals surface area contributed by atoms with Gasteiger partial charge < -0.3 is 15.2 Å². The number of nitrogens with zero attached hydrogens (tertiary/aromatic N) is 4. The van der Waals surface area contributed by atoms with E-state index in [1.807, 2.05) is 16.3 Å². The highest BCUT2D eigenvalue weighted by Gasteiger charge is 2.24. The van der Waals surface area contributed by atoms with Crippen LogP contribution in [0.15, 0.2) is 11.3 Å². The normalized spacial score (nSPS) is 22.0. The monoisotopic (exact) mass is 424 g/mol. The predicted molar refractivity (Wildman–Crippen MR) is 99.4 cm³/mol. The third-order valence-electron chi connectivity index (χ3n) is 3.73. The summed E-state index contributed by atoms with van der Waals surface area (Å²) in [4.78, 5) is 4.29. The molecular weight excluding hydrogens is 399 g/mol. The molecule has 0 aliphatic heterocycles. The largest absolute Gasteiger partial charge is 0.354 e. The molecule has 0 aromatic carbocycles.